The molecule has 0 aromatic heterocycles. The Bertz CT molecular complexity index is 476. The van der Waals surface area contributed by atoms with E-state index in [9.17, 15) is 4.79 Å². The number of piperazine rings is 1. The molecule has 1 amide bonds. The van der Waals surface area contributed by atoms with Crippen molar-refractivity contribution in [3.05, 3.63) is 42.0 Å². The molecule has 120 valence electrons. The molecule has 1 fully saturated rings. The molecule has 1 aliphatic heterocycles. The number of carbonyl (C=O) groups excluding carboxylic acids is 1. The Kier molecular flexibility index (Phi) is 6.62. The zero-order chi connectivity index (χ0) is 15.8. The number of nitrogens with one attached hydrogen (secondary N) is 1. The Labute approximate surface area is 133 Å². The molecule has 0 aliphatic carbocycles. The van der Waals surface area contributed by atoms with Gasteiger partial charge >= 0.3 is 0 Å². The molecule has 0 atom stereocenters. The average Bonchev–Trinajstić information content (AvgIpc) is 2.54. The third-order valence-corrected chi connectivity index (χ3v) is 4.09. The van der Waals surface area contributed by atoms with Crippen molar-refractivity contribution in [2.24, 2.45) is 0 Å². The molecule has 1 saturated heterocycles. The second-order valence-electron chi connectivity index (χ2n) is 6.01. The fourth-order valence-electron chi connectivity index (χ4n) is 2.64. The largest absolute Gasteiger partial charge is 0.351 e. The van der Waals surface area contributed by atoms with Gasteiger partial charge in [0.15, 0.2) is 0 Å². The van der Waals surface area contributed by atoms with Gasteiger partial charge in [0.05, 0.1) is 0 Å². The van der Waals surface area contributed by atoms with Crippen LogP contribution in [0, 0.1) is 0 Å². The van der Waals surface area contributed by atoms with E-state index in [0.29, 0.717) is 12.6 Å². The molecule has 0 saturated carbocycles. The summed E-state index contributed by atoms with van der Waals surface area (Å²) in [5.74, 6) is -0.0235. The molecule has 0 unspecified atom stereocenters. The topological polar surface area (TPSA) is 35.6 Å². The van der Waals surface area contributed by atoms with E-state index in [1.807, 2.05) is 36.4 Å². The molecule has 1 aromatic carbocycles. The van der Waals surface area contributed by atoms with Crippen LogP contribution in [0.25, 0.3) is 6.08 Å². The molecule has 1 N–H and O–H groups in total. The van der Waals surface area contributed by atoms with Crippen LogP contribution in [0.5, 0.6) is 0 Å². The summed E-state index contributed by atoms with van der Waals surface area (Å²) in [6.45, 7) is 10.6. The lowest BCUT2D eigenvalue weighted by atomic mass is 10.2. The van der Waals surface area contributed by atoms with E-state index in [2.05, 4.69) is 29.0 Å². The Morgan fingerprint density at radius 2 is 1.86 bits per heavy atom. The Balaban J connectivity index is 1.63. The predicted octanol–water partition coefficient (Wildman–Crippen LogP) is 1.84. The number of benzene rings is 1. The number of amides is 1. The summed E-state index contributed by atoms with van der Waals surface area (Å²) in [6, 6.07) is 10.5. The highest BCUT2D eigenvalue weighted by Gasteiger charge is 2.18. The first-order valence-electron chi connectivity index (χ1n) is 8.12. The standard InChI is InChI=1S/C18H27N3O/c1-16(2)21-14-12-20(13-15-21)11-10-19-18(22)9-8-17-6-4-3-5-7-17/h3-9,16H,10-15H2,1-2H3,(H,19,22)/b9-8+. The van der Waals surface area contributed by atoms with Gasteiger partial charge in [0, 0.05) is 51.4 Å². The van der Waals surface area contributed by atoms with Crippen molar-refractivity contribution >= 4 is 12.0 Å². The van der Waals surface area contributed by atoms with E-state index in [-0.39, 0.29) is 5.91 Å². The summed E-state index contributed by atoms with van der Waals surface area (Å²) in [5.41, 5.74) is 1.04. The van der Waals surface area contributed by atoms with E-state index in [1.54, 1.807) is 6.08 Å². The number of carbonyl (C=O) groups is 1. The molecule has 2 rings (SSSR count). The lowest BCUT2D eigenvalue weighted by Crippen LogP contribution is -2.50. The second-order valence-corrected chi connectivity index (χ2v) is 6.01. The van der Waals surface area contributed by atoms with Gasteiger partial charge in [-0.15, -0.1) is 0 Å². The van der Waals surface area contributed by atoms with Crippen molar-refractivity contribution in [2.75, 3.05) is 39.3 Å². The van der Waals surface area contributed by atoms with Crippen molar-refractivity contribution in [2.45, 2.75) is 19.9 Å². The Morgan fingerprint density at radius 3 is 2.50 bits per heavy atom. The monoisotopic (exact) mass is 301 g/mol. The number of rotatable bonds is 6. The van der Waals surface area contributed by atoms with Crippen molar-refractivity contribution in [3.63, 3.8) is 0 Å². The van der Waals surface area contributed by atoms with Crippen molar-refractivity contribution in [3.8, 4) is 0 Å². The van der Waals surface area contributed by atoms with Gasteiger partial charge in [-0.3, -0.25) is 14.6 Å². The summed E-state index contributed by atoms with van der Waals surface area (Å²) in [6.07, 6.45) is 3.45. The predicted molar refractivity (Wildman–Crippen MR) is 91.6 cm³/mol. The van der Waals surface area contributed by atoms with Gasteiger partial charge < -0.3 is 5.32 Å². The van der Waals surface area contributed by atoms with Crippen molar-refractivity contribution in [1.82, 2.24) is 15.1 Å². The number of hydrogen-bond donors (Lipinski definition) is 1. The van der Waals surface area contributed by atoms with Gasteiger partial charge in [0.25, 0.3) is 0 Å². The molecule has 0 spiro atoms. The van der Waals surface area contributed by atoms with Crippen LogP contribution in [-0.4, -0.2) is 61.0 Å². The first-order chi connectivity index (χ1) is 10.6. The minimum atomic E-state index is -0.0235. The van der Waals surface area contributed by atoms with Gasteiger partial charge in [-0.25, -0.2) is 0 Å². The third kappa shape index (κ3) is 5.62. The van der Waals surface area contributed by atoms with Crippen LogP contribution in [0.1, 0.15) is 19.4 Å². The maximum Gasteiger partial charge on any atom is 0.244 e. The van der Waals surface area contributed by atoms with Crippen LogP contribution in [-0.2, 0) is 4.79 Å². The maximum absolute atomic E-state index is 11.8. The zero-order valence-electron chi connectivity index (χ0n) is 13.7. The summed E-state index contributed by atoms with van der Waals surface area (Å²) in [5, 5.41) is 2.95. The molecular formula is C18H27N3O. The minimum Gasteiger partial charge on any atom is -0.351 e. The molecule has 4 heteroatoms. The van der Waals surface area contributed by atoms with Gasteiger partial charge in [0.2, 0.25) is 5.91 Å². The molecule has 1 aliphatic rings. The van der Waals surface area contributed by atoms with Gasteiger partial charge in [-0.2, -0.15) is 0 Å². The van der Waals surface area contributed by atoms with Crippen LogP contribution in [0.3, 0.4) is 0 Å². The van der Waals surface area contributed by atoms with Crippen molar-refractivity contribution in [1.29, 1.82) is 0 Å². The molecule has 1 heterocycles. The highest BCUT2D eigenvalue weighted by Crippen LogP contribution is 2.05. The van der Waals surface area contributed by atoms with Crippen LogP contribution in [0.15, 0.2) is 36.4 Å². The van der Waals surface area contributed by atoms with Crippen LogP contribution >= 0.6 is 0 Å². The molecular weight excluding hydrogens is 274 g/mol. The molecule has 1 aromatic rings. The van der Waals surface area contributed by atoms with E-state index < -0.39 is 0 Å². The third-order valence-electron chi connectivity index (χ3n) is 4.09. The van der Waals surface area contributed by atoms with E-state index in [1.165, 1.54) is 0 Å². The summed E-state index contributed by atoms with van der Waals surface area (Å²) in [7, 11) is 0. The molecule has 22 heavy (non-hydrogen) atoms. The average molecular weight is 301 g/mol. The zero-order valence-corrected chi connectivity index (χ0v) is 13.7. The number of hydrogen-bond acceptors (Lipinski definition) is 3. The fraction of sp³-hybridized carbons (Fsp3) is 0.500. The summed E-state index contributed by atoms with van der Waals surface area (Å²) < 4.78 is 0. The minimum absolute atomic E-state index is 0.0235. The van der Waals surface area contributed by atoms with Crippen LogP contribution in [0.2, 0.25) is 0 Å². The molecule has 0 radical (unpaired) electrons. The smallest absolute Gasteiger partial charge is 0.244 e. The quantitative estimate of drug-likeness (QED) is 0.815. The highest BCUT2D eigenvalue weighted by atomic mass is 16.1. The van der Waals surface area contributed by atoms with Gasteiger partial charge in [-0.1, -0.05) is 30.3 Å². The SMILES string of the molecule is CC(C)N1CCN(CCNC(=O)/C=C/c2ccccc2)CC1. The summed E-state index contributed by atoms with van der Waals surface area (Å²) >= 11 is 0. The van der Waals surface area contributed by atoms with E-state index >= 15 is 0 Å². The van der Waals surface area contributed by atoms with E-state index in [4.69, 9.17) is 0 Å². The van der Waals surface area contributed by atoms with E-state index in [0.717, 1.165) is 38.3 Å². The second kappa shape index (κ2) is 8.71. The molecule has 4 nitrogen and oxygen atoms in total. The van der Waals surface area contributed by atoms with Gasteiger partial charge in [0.1, 0.15) is 0 Å². The molecule has 0 bridgehead atoms. The van der Waals surface area contributed by atoms with Crippen molar-refractivity contribution < 1.29 is 4.79 Å². The Hall–Kier alpha value is -1.65. The first kappa shape index (κ1) is 16.7. The number of nitrogens with zero attached hydrogens (tertiary/aromatic N) is 2. The highest BCUT2D eigenvalue weighted by molar-refractivity contribution is 5.91. The Morgan fingerprint density at radius 1 is 1.18 bits per heavy atom. The normalized spacial score (nSPS) is 17.2. The first-order valence-corrected chi connectivity index (χ1v) is 8.12. The van der Waals surface area contributed by atoms with Gasteiger partial charge in [-0.05, 0) is 25.5 Å². The van der Waals surface area contributed by atoms with Crippen LogP contribution < -0.4 is 5.32 Å². The fourth-order valence-corrected chi connectivity index (χ4v) is 2.64. The maximum atomic E-state index is 11.8. The lowest BCUT2D eigenvalue weighted by Gasteiger charge is -2.36. The summed E-state index contributed by atoms with van der Waals surface area (Å²) in [4.78, 5) is 16.7. The van der Waals surface area contributed by atoms with Crippen LogP contribution in [0.4, 0.5) is 0 Å². The lowest BCUT2D eigenvalue weighted by molar-refractivity contribution is -0.116.